The third-order valence-electron chi connectivity index (χ3n) is 4.23. The van der Waals surface area contributed by atoms with Crippen LogP contribution >= 0.6 is 23.4 Å². The van der Waals surface area contributed by atoms with Gasteiger partial charge in [0.25, 0.3) is 0 Å². The van der Waals surface area contributed by atoms with E-state index in [0.29, 0.717) is 21.7 Å². The second-order valence-corrected chi connectivity index (χ2v) is 7.87. The molecule has 3 rings (SSSR count). The highest BCUT2D eigenvalue weighted by Gasteiger charge is 2.21. The van der Waals surface area contributed by atoms with E-state index in [9.17, 15) is 4.79 Å². The van der Waals surface area contributed by atoms with Gasteiger partial charge in [-0.3, -0.25) is 4.79 Å². The Morgan fingerprint density at radius 3 is 2.67 bits per heavy atom. The molecule has 6 nitrogen and oxygen atoms in total. The van der Waals surface area contributed by atoms with Crippen molar-refractivity contribution in [2.24, 2.45) is 0 Å². The molecule has 8 heteroatoms. The molecular weight excluding hydrogens is 382 g/mol. The van der Waals surface area contributed by atoms with E-state index >= 15 is 0 Å². The lowest BCUT2D eigenvalue weighted by atomic mass is 10.1. The minimum atomic E-state index is -0.417. The van der Waals surface area contributed by atoms with Crippen LogP contribution in [0.5, 0.6) is 0 Å². The zero-order valence-electron chi connectivity index (χ0n) is 15.2. The van der Waals surface area contributed by atoms with E-state index in [-0.39, 0.29) is 5.91 Å². The van der Waals surface area contributed by atoms with Crippen LogP contribution in [0.4, 0.5) is 5.69 Å². The van der Waals surface area contributed by atoms with Gasteiger partial charge in [0.05, 0.1) is 5.25 Å². The largest absolute Gasteiger partial charge is 0.335 e. The van der Waals surface area contributed by atoms with Crippen LogP contribution < -0.4 is 11.2 Å². The van der Waals surface area contributed by atoms with Gasteiger partial charge in [-0.25, -0.2) is 4.68 Å². The third-order valence-corrected chi connectivity index (χ3v) is 5.69. The topological polar surface area (TPSA) is 85.8 Å². The molecule has 3 aromatic rings. The molecule has 0 saturated heterocycles. The number of aryl methyl sites for hydroxylation is 1. The first-order valence-electron chi connectivity index (χ1n) is 8.37. The lowest BCUT2D eigenvalue weighted by molar-refractivity contribution is -0.115. The number of benzene rings is 2. The molecule has 1 aromatic heterocycles. The van der Waals surface area contributed by atoms with Crippen molar-refractivity contribution in [1.29, 1.82) is 0 Å². The summed E-state index contributed by atoms with van der Waals surface area (Å²) < 4.78 is 1.42. The summed E-state index contributed by atoms with van der Waals surface area (Å²) in [5.74, 6) is 6.57. The highest BCUT2D eigenvalue weighted by Crippen LogP contribution is 2.28. The van der Waals surface area contributed by atoms with Gasteiger partial charge in [0.2, 0.25) is 11.1 Å². The smallest absolute Gasteiger partial charge is 0.237 e. The number of anilines is 1. The van der Waals surface area contributed by atoms with Gasteiger partial charge in [0.15, 0.2) is 5.82 Å². The Labute approximate surface area is 167 Å². The van der Waals surface area contributed by atoms with Crippen LogP contribution in [0.25, 0.3) is 11.4 Å². The number of nitrogens with two attached hydrogens (primary N) is 1. The van der Waals surface area contributed by atoms with Crippen molar-refractivity contribution in [1.82, 2.24) is 14.9 Å². The van der Waals surface area contributed by atoms with Crippen molar-refractivity contribution >= 4 is 35.0 Å². The minimum Gasteiger partial charge on any atom is -0.335 e. The molecular formula is C19H20ClN5OS. The summed E-state index contributed by atoms with van der Waals surface area (Å²) in [5.41, 5.74) is 3.48. The van der Waals surface area contributed by atoms with E-state index in [2.05, 4.69) is 15.5 Å². The van der Waals surface area contributed by atoms with E-state index in [1.165, 1.54) is 16.4 Å². The Morgan fingerprint density at radius 1 is 1.19 bits per heavy atom. The molecule has 0 aliphatic rings. The number of hydrogen-bond acceptors (Lipinski definition) is 5. The molecule has 3 N–H and O–H groups in total. The van der Waals surface area contributed by atoms with Crippen molar-refractivity contribution in [3.05, 3.63) is 58.6 Å². The highest BCUT2D eigenvalue weighted by molar-refractivity contribution is 8.00. The van der Waals surface area contributed by atoms with Crippen molar-refractivity contribution in [2.45, 2.75) is 31.2 Å². The number of carbonyl (C=O) groups excluding carboxylic acids is 1. The lowest BCUT2D eigenvalue weighted by Crippen LogP contribution is -2.24. The molecule has 0 fully saturated rings. The first-order valence-corrected chi connectivity index (χ1v) is 9.63. The first kappa shape index (κ1) is 19.3. The zero-order valence-corrected chi connectivity index (χ0v) is 16.8. The number of halogens is 1. The van der Waals surface area contributed by atoms with Crippen molar-refractivity contribution in [3.8, 4) is 11.4 Å². The first-order chi connectivity index (χ1) is 12.9. The van der Waals surface area contributed by atoms with Crippen molar-refractivity contribution in [3.63, 3.8) is 0 Å². The van der Waals surface area contributed by atoms with Crippen molar-refractivity contribution in [2.75, 3.05) is 11.2 Å². The van der Waals surface area contributed by atoms with E-state index in [1.54, 1.807) is 19.1 Å². The SMILES string of the molecule is Cc1ccccc1-c1nnc(S[C@@H](C)C(=O)Nc2cccc(Cl)c2C)n1N. The van der Waals surface area contributed by atoms with Crippen LogP contribution in [0.2, 0.25) is 5.02 Å². The number of nitrogen functional groups attached to an aromatic ring is 1. The summed E-state index contributed by atoms with van der Waals surface area (Å²) >= 11 is 7.35. The van der Waals surface area contributed by atoms with E-state index in [0.717, 1.165) is 16.7 Å². The molecule has 1 atom stereocenters. The van der Waals surface area contributed by atoms with Gasteiger partial charge in [-0.15, -0.1) is 10.2 Å². The molecule has 0 radical (unpaired) electrons. The van der Waals surface area contributed by atoms with E-state index in [1.807, 2.05) is 44.2 Å². The van der Waals surface area contributed by atoms with Crippen LogP contribution in [0.3, 0.4) is 0 Å². The number of nitrogens with zero attached hydrogens (tertiary/aromatic N) is 3. The standard InChI is InChI=1S/C19H20ClN5OS/c1-11-7-4-5-8-14(11)17-23-24-19(25(17)21)27-13(3)18(26)22-16-10-6-9-15(20)12(16)2/h4-10,13H,21H2,1-3H3,(H,22,26)/t13-/m0/s1. The maximum atomic E-state index is 12.5. The number of rotatable bonds is 5. The van der Waals surface area contributed by atoms with Gasteiger partial charge < -0.3 is 11.2 Å². The number of hydrogen-bond donors (Lipinski definition) is 2. The van der Waals surface area contributed by atoms with Gasteiger partial charge in [0, 0.05) is 16.3 Å². The lowest BCUT2D eigenvalue weighted by Gasteiger charge is -2.13. The minimum absolute atomic E-state index is 0.161. The predicted octanol–water partition coefficient (Wildman–Crippen LogP) is 4.05. The number of thioether (sulfide) groups is 1. The van der Waals surface area contributed by atoms with E-state index in [4.69, 9.17) is 17.4 Å². The maximum absolute atomic E-state index is 12.5. The maximum Gasteiger partial charge on any atom is 0.237 e. The molecule has 0 unspecified atom stereocenters. The van der Waals surface area contributed by atoms with Gasteiger partial charge in [-0.05, 0) is 44.0 Å². The summed E-state index contributed by atoms with van der Waals surface area (Å²) in [6.45, 7) is 5.64. The Balaban J connectivity index is 1.75. The summed E-state index contributed by atoms with van der Waals surface area (Å²) in [6, 6.07) is 13.2. The summed E-state index contributed by atoms with van der Waals surface area (Å²) in [7, 11) is 0. The van der Waals surface area contributed by atoms with Crippen LogP contribution in [0, 0.1) is 13.8 Å². The molecule has 0 aliphatic carbocycles. The Hall–Kier alpha value is -2.51. The number of nitrogens with one attached hydrogen (secondary N) is 1. The van der Waals surface area contributed by atoms with Crippen LogP contribution in [-0.4, -0.2) is 26.0 Å². The Morgan fingerprint density at radius 2 is 1.93 bits per heavy atom. The normalized spacial score (nSPS) is 12.0. The molecule has 1 amide bonds. The molecule has 0 saturated carbocycles. The summed E-state index contributed by atoms with van der Waals surface area (Å²) in [5, 5.41) is 11.9. The monoisotopic (exact) mass is 401 g/mol. The number of amides is 1. The summed E-state index contributed by atoms with van der Waals surface area (Å²) in [4.78, 5) is 12.5. The van der Waals surface area contributed by atoms with Crippen molar-refractivity contribution < 1.29 is 4.79 Å². The van der Waals surface area contributed by atoms with Gasteiger partial charge >= 0.3 is 0 Å². The number of aromatic nitrogens is 3. The van der Waals surface area contributed by atoms with Gasteiger partial charge in [-0.1, -0.05) is 53.7 Å². The second-order valence-electron chi connectivity index (χ2n) is 6.15. The Kier molecular flexibility index (Phi) is 5.72. The van der Waals surface area contributed by atoms with Gasteiger partial charge in [-0.2, -0.15) is 0 Å². The quantitative estimate of drug-likeness (QED) is 0.497. The van der Waals surface area contributed by atoms with E-state index < -0.39 is 5.25 Å². The molecule has 0 bridgehead atoms. The molecule has 140 valence electrons. The fourth-order valence-corrected chi connectivity index (χ4v) is 3.50. The highest BCUT2D eigenvalue weighted by atomic mass is 35.5. The predicted molar refractivity (Wildman–Crippen MR) is 110 cm³/mol. The summed E-state index contributed by atoms with van der Waals surface area (Å²) in [6.07, 6.45) is 0. The average molecular weight is 402 g/mol. The fraction of sp³-hybridized carbons (Fsp3) is 0.211. The Bertz CT molecular complexity index is 988. The fourth-order valence-electron chi connectivity index (χ4n) is 2.55. The molecule has 1 heterocycles. The molecule has 27 heavy (non-hydrogen) atoms. The second kappa shape index (κ2) is 8.02. The van der Waals surface area contributed by atoms with Crippen LogP contribution in [0.15, 0.2) is 47.6 Å². The van der Waals surface area contributed by atoms with Crippen LogP contribution in [-0.2, 0) is 4.79 Å². The third kappa shape index (κ3) is 4.09. The number of carbonyl (C=O) groups is 1. The zero-order chi connectivity index (χ0) is 19.6. The van der Waals surface area contributed by atoms with Gasteiger partial charge in [0.1, 0.15) is 0 Å². The molecule has 0 aliphatic heterocycles. The average Bonchev–Trinajstić information content (AvgIpc) is 3.00. The van der Waals surface area contributed by atoms with Crippen LogP contribution in [0.1, 0.15) is 18.1 Å². The molecule has 2 aromatic carbocycles. The molecule has 0 spiro atoms.